The van der Waals surface area contributed by atoms with E-state index in [1.54, 1.807) is 0 Å². The van der Waals surface area contributed by atoms with Crippen LogP contribution in [0.15, 0.2) is 18.2 Å². The summed E-state index contributed by atoms with van der Waals surface area (Å²) in [6.45, 7) is 4.47. The quantitative estimate of drug-likeness (QED) is 0.760. The van der Waals surface area contributed by atoms with E-state index in [1.807, 2.05) is 13.8 Å². The van der Waals surface area contributed by atoms with Crippen LogP contribution in [0.5, 0.6) is 0 Å². The number of hydrogen-bond donors (Lipinski definition) is 1. The highest BCUT2D eigenvalue weighted by Crippen LogP contribution is 2.31. The van der Waals surface area contributed by atoms with Crippen LogP contribution in [0.25, 0.3) is 0 Å². The van der Waals surface area contributed by atoms with Gasteiger partial charge in [0.2, 0.25) is 0 Å². The molecule has 0 radical (unpaired) electrons. The molecular weight excluding hydrogens is 246 g/mol. The summed E-state index contributed by atoms with van der Waals surface area (Å²) in [4.78, 5) is 0. The minimum absolute atomic E-state index is 0.0864. The van der Waals surface area contributed by atoms with Crippen molar-refractivity contribution in [1.29, 1.82) is 0 Å². The molecule has 0 aliphatic carbocycles. The monoisotopic (exact) mass is 263 g/mol. The molecule has 1 nitrogen and oxygen atoms in total. The van der Waals surface area contributed by atoms with Crippen LogP contribution in [0.2, 0.25) is 0 Å². The van der Waals surface area contributed by atoms with E-state index in [0.717, 1.165) is 31.0 Å². The molecule has 0 aliphatic rings. The lowest BCUT2D eigenvalue weighted by molar-refractivity contribution is -0.137. The Balaban J connectivity index is 2.82. The molecule has 18 heavy (non-hydrogen) atoms. The third-order valence-corrected chi connectivity index (χ3v) is 3.03. The molecular formula is C13H17F4N. The number of nitrogens with one attached hydrogen (secondary N) is 1. The second kappa shape index (κ2) is 6.07. The Kier molecular flexibility index (Phi) is 4.99. The van der Waals surface area contributed by atoms with Crippen LogP contribution in [0, 0.1) is 11.7 Å². The maximum Gasteiger partial charge on any atom is 0.416 e. The van der Waals surface area contributed by atoms with E-state index >= 15 is 0 Å². The smallest absolute Gasteiger partial charge is 0.382 e. The highest BCUT2D eigenvalue weighted by Gasteiger charge is 2.31. The molecule has 0 unspecified atom stereocenters. The molecule has 0 fully saturated rings. The molecule has 1 aromatic rings. The molecule has 0 spiro atoms. The Bertz CT molecular complexity index is 383. The highest BCUT2D eigenvalue weighted by atomic mass is 19.4. The number of benzene rings is 1. The van der Waals surface area contributed by atoms with Gasteiger partial charge in [-0.25, -0.2) is 4.39 Å². The Labute approximate surface area is 104 Å². The minimum atomic E-state index is -4.45. The van der Waals surface area contributed by atoms with Gasteiger partial charge in [-0.1, -0.05) is 26.7 Å². The van der Waals surface area contributed by atoms with Gasteiger partial charge in [-0.3, -0.25) is 0 Å². The van der Waals surface area contributed by atoms with Gasteiger partial charge >= 0.3 is 6.18 Å². The summed E-state index contributed by atoms with van der Waals surface area (Å²) in [5.74, 6) is -0.326. The fourth-order valence-electron chi connectivity index (χ4n) is 1.67. The van der Waals surface area contributed by atoms with E-state index in [9.17, 15) is 17.6 Å². The molecule has 0 heterocycles. The van der Waals surface area contributed by atoms with Gasteiger partial charge in [0.15, 0.2) is 0 Å². The van der Waals surface area contributed by atoms with Gasteiger partial charge in [-0.05, 0) is 24.1 Å². The van der Waals surface area contributed by atoms with Crippen LogP contribution in [0.1, 0.15) is 32.3 Å². The van der Waals surface area contributed by atoms with Gasteiger partial charge in [0.1, 0.15) is 5.82 Å². The zero-order valence-corrected chi connectivity index (χ0v) is 10.4. The van der Waals surface area contributed by atoms with Crippen LogP contribution in [-0.4, -0.2) is 6.54 Å². The van der Waals surface area contributed by atoms with E-state index in [1.165, 1.54) is 0 Å². The number of alkyl halides is 3. The molecule has 1 aromatic carbocycles. The van der Waals surface area contributed by atoms with E-state index < -0.39 is 17.6 Å². The van der Waals surface area contributed by atoms with Gasteiger partial charge in [0, 0.05) is 6.54 Å². The van der Waals surface area contributed by atoms with Crippen LogP contribution in [0.3, 0.4) is 0 Å². The highest BCUT2D eigenvalue weighted by molar-refractivity contribution is 5.48. The van der Waals surface area contributed by atoms with Crippen molar-refractivity contribution in [2.24, 2.45) is 5.92 Å². The summed E-state index contributed by atoms with van der Waals surface area (Å²) in [5, 5.41) is 2.75. The van der Waals surface area contributed by atoms with Crippen molar-refractivity contribution >= 4 is 5.69 Å². The number of hydrogen-bond acceptors (Lipinski definition) is 1. The molecule has 0 aromatic heterocycles. The Morgan fingerprint density at radius 3 is 2.28 bits per heavy atom. The number of rotatable bonds is 5. The van der Waals surface area contributed by atoms with Gasteiger partial charge in [0.25, 0.3) is 0 Å². The number of anilines is 1. The molecule has 102 valence electrons. The number of halogens is 4. The van der Waals surface area contributed by atoms with E-state index in [-0.39, 0.29) is 5.69 Å². The molecule has 0 amide bonds. The Morgan fingerprint density at radius 2 is 1.78 bits per heavy atom. The summed E-state index contributed by atoms with van der Waals surface area (Å²) >= 11 is 0. The molecule has 0 saturated carbocycles. The largest absolute Gasteiger partial charge is 0.416 e. The minimum Gasteiger partial charge on any atom is -0.382 e. The average molecular weight is 263 g/mol. The van der Waals surface area contributed by atoms with Crippen molar-refractivity contribution in [3.05, 3.63) is 29.6 Å². The molecule has 5 heteroatoms. The predicted octanol–water partition coefficient (Wildman–Crippen LogP) is 4.69. The SMILES string of the molecule is CCC(CC)CNc1cc(C(F)(F)F)ccc1F. The van der Waals surface area contributed by atoms with Crippen LogP contribution in [0.4, 0.5) is 23.2 Å². The van der Waals surface area contributed by atoms with Crippen molar-refractivity contribution in [1.82, 2.24) is 0 Å². The Morgan fingerprint density at radius 1 is 1.17 bits per heavy atom. The van der Waals surface area contributed by atoms with E-state index in [0.29, 0.717) is 12.5 Å². The lowest BCUT2D eigenvalue weighted by atomic mass is 10.0. The molecule has 1 N–H and O–H groups in total. The van der Waals surface area contributed by atoms with Gasteiger partial charge in [0.05, 0.1) is 11.3 Å². The Hall–Kier alpha value is -1.26. The zero-order chi connectivity index (χ0) is 13.8. The fourth-order valence-corrected chi connectivity index (χ4v) is 1.67. The summed E-state index contributed by atoms with van der Waals surface area (Å²) < 4.78 is 50.8. The molecule has 0 bridgehead atoms. The first-order valence-electron chi connectivity index (χ1n) is 5.99. The summed E-state index contributed by atoms with van der Waals surface area (Å²) in [6, 6.07) is 2.41. The van der Waals surface area contributed by atoms with Crippen LogP contribution >= 0.6 is 0 Å². The van der Waals surface area contributed by atoms with Crippen LogP contribution in [-0.2, 0) is 6.18 Å². The molecule has 1 rings (SSSR count). The van der Waals surface area contributed by atoms with Crippen molar-refractivity contribution in [2.45, 2.75) is 32.9 Å². The first-order chi connectivity index (χ1) is 8.38. The topological polar surface area (TPSA) is 12.0 Å². The van der Waals surface area contributed by atoms with Crippen molar-refractivity contribution < 1.29 is 17.6 Å². The first kappa shape index (κ1) is 14.8. The van der Waals surface area contributed by atoms with Crippen LogP contribution < -0.4 is 5.32 Å². The predicted molar refractivity (Wildman–Crippen MR) is 64.0 cm³/mol. The molecule has 0 atom stereocenters. The third kappa shape index (κ3) is 3.89. The summed E-state index contributed by atoms with van der Waals surface area (Å²) in [7, 11) is 0. The van der Waals surface area contributed by atoms with Gasteiger partial charge in [-0.15, -0.1) is 0 Å². The van der Waals surface area contributed by atoms with Gasteiger partial charge < -0.3 is 5.32 Å². The average Bonchev–Trinajstić information content (AvgIpc) is 2.31. The first-order valence-corrected chi connectivity index (χ1v) is 5.99. The normalized spacial score (nSPS) is 11.9. The third-order valence-electron chi connectivity index (χ3n) is 3.03. The maximum atomic E-state index is 13.4. The summed E-state index contributed by atoms with van der Waals surface area (Å²) in [5.41, 5.74) is -0.923. The second-order valence-corrected chi connectivity index (χ2v) is 4.26. The van der Waals surface area contributed by atoms with E-state index in [2.05, 4.69) is 5.32 Å². The van der Waals surface area contributed by atoms with Gasteiger partial charge in [-0.2, -0.15) is 13.2 Å². The van der Waals surface area contributed by atoms with Crippen molar-refractivity contribution in [2.75, 3.05) is 11.9 Å². The molecule has 0 saturated heterocycles. The van der Waals surface area contributed by atoms with Crippen molar-refractivity contribution in [3.63, 3.8) is 0 Å². The standard InChI is InChI=1S/C13H17F4N/c1-3-9(4-2)8-18-12-7-10(13(15,16)17)5-6-11(12)14/h5-7,9,18H,3-4,8H2,1-2H3. The zero-order valence-electron chi connectivity index (χ0n) is 10.4. The second-order valence-electron chi connectivity index (χ2n) is 4.26. The fraction of sp³-hybridized carbons (Fsp3) is 0.538. The summed E-state index contributed by atoms with van der Waals surface area (Å²) in [6.07, 6.45) is -2.63. The lowest BCUT2D eigenvalue weighted by Gasteiger charge is -2.16. The lowest BCUT2D eigenvalue weighted by Crippen LogP contribution is -2.14. The van der Waals surface area contributed by atoms with E-state index in [4.69, 9.17) is 0 Å². The van der Waals surface area contributed by atoms with Crippen molar-refractivity contribution in [3.8, 4) is 0 Å². The maximum absolute atomic E-state index is 13.4. The molecule has 0 aliphatic heterocycles.